The predicted octanol–water partition coefficient (Wildman–Crippen LogP) is 2.60. The summed E-state index contributed by atoms with van der Waals surface area (Å²) in [7, 11) is 3.33. The summed E-state index contributed by atoms with van der Waals surface area (Å²) >= 11 is 1.39. The molecule has 0 saturated carbocycles. The van der Waals surface area contributed by atoms with E-state index in [0.717, 1.165) is 34.4 Å². The van der Waals surface area contributed by atoms with Crippen LogP contribution in [0, 0.1) is 6.92 Å². The van der Waals surface area contributed by atoms with Gasteiger partial charge in [0.1, 0.15) is 17.0 Å². The van der Waals surface area contributed by atoms with Gasteiger partial charge >= 0.3 is 0 Å². The Morgan fingerprint density at radius 3 is 2.80 bits per heavy atom. The van der Waals surface area contributed by atoms with Crippen molar-refractivity contribution < 1.29 is 14.3 Å². The zero-order chi connectivity index (χ0) is 18.2. The van der Waals surface area contributed by atoms with E-state index in [1.165, 1.54) is 17.7 Å². The van der Waals surface area contributed by atoms with Gasteiger partial charge in [0.25, 0.3) is 5.91 Å². The van der Waals surface area contributed by atoms with Gasteiger partial charge in [-0.2, -0.15) is 0 Å². The number of carbonyl (C=O) groups excluding carboxylic acids is 1. The van der Waals surface area contributed by atoms with Crippen molar-refractivity contribution in [3.8, 4) is 0 Å². The number of methoxy groups -OCH3 is 2. The van der Waals surface area contributed by atoms with E-state index in [4.69, 9.17) is 9.47 Å². The second kappa shape index (κ2) is 9.65. The highest BCUT2D eigenvalue weighted by Gasteiger charge is 2.20. The van der Waals surface area contributed by atoms with Crippen LogP contribution in [-0.4, -0.2) is 55.9 Å². The smallest absolute Gasteiger partial charge is 0.261 e. The maximum Gasteiger partial charge on any atom is 0.261 e. The second-order valence-corrected chi connectivity index (χ2v) is 6.76. The number of rotatable bonds is 10. The summed E-state index contributed by atoms with van der Waals surface area (Å²) in [5, 5.41) is 7.24. The summed E-state index contributed by atoms with van der Waals surface area (Å²) in [4.78, 5) is 22.7. The van der Waals surface area contributed by atoms with Crippen molar-refractivity contribution >= 4 is 33.3 Å². The Labute approximate surface area is 152 Å². The van der Waals surface area contributed by atoms with Gasteiger partial charge in [0.2, 0.25) is 0 Å². The molecule has 0 aromatic carbocycles. The van der Waals surface area contributed by atoms with E-state index in [0.29, 0.717) is 24.6 Å². The van der Waals surface area contributed by atoms with Crippen LogP contribution in [0.25, 0.3) is 10.2 Å². The molecule has 2 aromatic heterocycles. The van der Waals surface area contributed by atoms with Crippen LogP contribution in [0.4, 0.5) is 5.82 Å². The second-order valence-electron chi connectivity index (χ2n) is 5.77. The monoisotopic (exact) mass is 366 g/mol. The molecule has 0 bridgehead atoms. The number of hydrogen-bond acceptors (Lipinski definition) is 7. The summed E-state index contributed by atoms with van der Waals surface area (Å²) in [5.41, 5.74) is 0.902. The molecule has 1 unspecified atom stereocenters. The Kier molecular flexibility index (Phi) is 7.54. The van der Waals surface area contributed by atoms with Gasteiger partial charge in [0.15, 0.2) is 0 Å². The van der Waals surface area contributed by atoms with Gasteiger partial charge in [-0.15, -0.1) is 11.3 Å². The van der Waals surface area contributed by atoms with Crippen molar-refractivity contribution in [1.82, 2.24) is 15.3 Å². The predicted molar refractivity (Wildman–Crippen MR) is 101 cm³/mol. The van der Waals surface area contributed by atoms with Gasteiger partial charge in [-0.25, -0.2) is 9.97 Å². The fourth-order valence-electron chi connectivity index (χ4n) is 2.55. The molecule has 0 saturated heterocycles. The molecule has 2 aromatic rings. The number of aryl methyl sites for hydroxylation is 1. The Bertz CT molecular complexity index is 705. The SMILES string of the molecule is CCC(COC)Nc1ncnc2sc(C(=O)NCCCOC)c(C)c12. The topological polar surface area (TPSA) is 85.4 Å². The van der Waals surface area contributed by atoms with Crippen molar-refractivity contribution in [2.75, 3.05) is 39.3 Å². The number of nitrogens with one attached hydrogen (secondary N) is 2. The lowest BCUT2D eigenvalue weighted by atomic mass is 10.1. The molecule has 0 aliphatic rings. The summed E-state index contributed by atoms with van der Waals surface area (Å²) in [6.07, 6.45) is 3.23. The fraction of sp³-hybridized carbons (Fsp3) is 0.588. The zero-order valence-electron chi connectivity index (χ0n) is 15.2. The van der Waals surface area contributed by atoms with E-state index in [9.17, 15) is 4.79 Å². The lowest BCUT2D eigenvalue weighted by Gasteiger charge is -2.17. The summed E-state index contributed by atoms with van der Waals surface area (Å²) in [6.45, 7) is 5.84. The molecule has 0 fully saturated rings. The van der Waals surface area contributed by atoms with Gasteiger partial charge in [-0.05, 0) is 25.3 Å². The molecule has 7 nitrogen and oxygen atoms in total. The highest BCUT2D eigenvalue weighted by Crippen LogP contribution is 2.33. The molecule has 1 amide bonds. The third kappa shape index (κ3) is 4.87. The first-order valence-electron chi connectivity index (χ1n) is 8.39. The third-order valence-corrected chi connectivity index (χ3v) is 5.14. The summed E-state index contributed by atoms with van der Waals surface area (Å²) < 4.78 is 10.2. The quantitative estimate of drug-likeness (QED) is 0.629. The normalized spacial score (nSPS) is 12.3. The van der Waals surface area contributed by atoms with Crippen LogP contribution in [0.1, 0.15) is 35.0 Å². The van der Waals surface area contributed by atoms with Crippen LogP contribution in [0.3, 0.4) is 0 Å². The molecule has 2 rings (SSSR count). The molecule has 0 aliphatic carbocycles. The number of nitrogens with zero attached hydrogens (tertiary/aromatic N) is 2. The fourth-order valence-corrected chi connectivity index (χ4v) is 3.62. The van der Waals surface area contributed by atoms with Crippen molar-refractivity contribution in [3.63, 3.8) is 0 Å². The van der Waals surface area contributed by atoms with Crippen LogP contribution in [0.5, 0.6) is 0 Å². The number of aromatic nitrogens is 2. The van der Waals surface area contributed by atoms with Crippen molar-refractivity contribution in [1.29, 1.82) is 0 Å². The van der Waals surface area contributed by atoms with Crippen LogP contribution in [0.2, 0.25) is 0 Å². The number of ether oxygens (including phenoxy) is 2. The van der Waals surface area contributed by atoms with E-state index in [1.807, 2.05) is 6.92 Å². The molecular weight excluding hydrogens is 340 g/mol. The molecule has 0 aliphatic heterocycles. The highest BCUT2D eigenvalue weighted by atomic mass is 32.1. The maximum absolute atomic E-state index is 12.5. The van der Waals surface area contributed by atoms with Gasteiger partial charge in [-0.1, -0.05) is 6.92 Å². The minimum Gasteiger partial charge on any atom is -0.385 e. The minimum atomic E-state index is -0.0773. The number of hydrogen-bond donors (Lipinski definition) is 2. The van der Waals surface area contributed by atoms with E-state index in [2.05, 4.69) is 27.5 Å². The van der Waals surface area contributed by atoms with Crippen LogP contribution in [0.15, 0.2) is 6.33 Å². The molecule has 138 valence electrons. The molecule has 0 spiro atoms. The maximum atomic E-state index is 12.5. The number of anilines is 1. The molecular formula is C17H26N4O3S. The molecule has 2 heterocycles. The Balaban J connectivity index is 2.23. The van der Waals surface area contributed by atoms with Gasteiger partial charge in [-0.3, -0.25) is 4.79 Å². The molecule has 8 heteroatoms. The molecule has 1 atom stereocenters. The highest BCUT2D eigenvalue weighted by molar-refractivity contribution is 7.20. The first-order chi connectivity index (χ1) is 12.1. The average Bonchev–Trinajstić information content (AvgIpc) is 2.96. The largest absolute Gasteiger partial charge is 0.385 e. The summed E-state index contributed by atoms with van der Waals surface area (Å²) in [5.74, 6) is 0.674. The lowest BCUT2D eigenvalue weighted by Crippen LogP contribution is -2.25. The number of thiophene rings is 1. The van der Waals surface area contributed by atoms with Crippen LogP contribution in [-0.2, 0) is 9.47 Å². The van der Waals surface area contributed by atoms with E-state index < -0.39 is 0 Å². The number of carbonyl (C=O) groups is 1. The zero-order valence-corrected chi connectivity index (χ0v) is 16.0. The Morgan fingerprint density at radius 1 is 1.32 bits per heavy atom. The van der Waals surface area contributed by atoms with Crippen molar-refractivity contribution in [2.45, 2.75) is 32.7 Å². The lowest BCUT2D eigenvalue weighted by molar-refractivity contribution is 0.0952. The first-order valence-corrected chi connectivity index (χ1v) is 9.20. The van der Waals surface area contributed by atoms with E-state index >= 15 is 0 Å². The summed E-state index contributed by atoms with van der Waals surface area (Å²) in [6, 6.07) is 0.161. The van der Waals surface area contributed by atoms with Gasteiger partial charge < -0.3 is 20.1 Å². The van der Waals surface area contributed by atoms with Crippen molar-refractivity contribution in [2.24, 2.45) is 0 Å². The van der Waals surface area contributed by atoms with Crippen molar-refractivity contribution in [3.05, 3.63) is 16.8 Å². The average molecular weight is 366 g/mol. The van der Waals surface area contributed by atoms with Crippen LogP contribution >= 0.6 is 11.3 Å². The van der Waals surface area contributed by atoms with Gasteiger partial charge in [0.05, 0.1) is 22.9 Å². The minimum absolute atomic E-state index is 0.0773. The van der Waals surface area contributed by atoms with E-state index in [1.54, 1.807) is 14.2 Å². The van der Waals surface area contributed by atoms with Gasteiger partial charge in [0, 0.05) is 27.4 Å². The molecule has 2 N–H and O–H groups in total. The standard InChI is InChI=1S/C17H26N4O3S/c1-5-12(9-24-4)21-15-13-11(2)14(25-17(13)20-10-19-15)16(22)18-7-6-8-23-3/h10,12H,5-9H2,1-4H3,(H,18,22)(H,19,20,21). The first kappa shape index (κ1) is 19.6. The third-order valence-electron chi connectivity index (χ3n) is 3.95. The molecule has 0 radical (unpaired) electrons. The number of amides is 1. The Morgan fingerprint density at radius 2 is 2.12 bits per heavy atom. The number of fused-ring (bicyclic) bond motifs is 1. The molecule has 25 heavy (non-hydrogen) atoms. The van der Waals surface area contributed by atoms with E-state index in [-0.39, 0.29) is 11.9 Å². The Hall–Kier alpha value is -1.77. The van der Waals surface area contributed by atoms with Crippen LogP contribution < -0.4 is 10.6 Å².